The van der Waals surface area contributed by atoms with Crippen LogP contribution in [-0.2, 0) is 6.54 Å². The molecule has 1 heterocycles. The first-order valence-electron chi connectivity index (χ1n) is 7.55. The van der Waals surface area contributed by atoms with E-state index >= 15 is 0 Å². The van der Waals surface area contributed by atoms with E-state index in [9.17, 15) is 0 Å². The van der Waals surface area contributed by atoms with E-state index in [0.717, 1.165) is 13.1 Å². The molecule has 20 heavy (non-hydrogen) atoms. The zero-order chi connectivity index (χ0) is 13.9. The minimum absolute atomic E-state index is 0.499. The van der Waals surface area contributed by atoms with Crippen molar-refractivity contribution in [2.24, 2.45) is 0 Å². The summed E-state index contributed by atoms with van der Waals surface area (Å²) in [6.07, 6.45) is 6.52. The summed E-state index contributed by atoms with van der Waals surface area (Å²) in [6.45, 7) is 6.31. The Labute approximate surface area is 121 Å². The van der Waals surface area contributed by atoms with Crippen molar-refractivity contribution in [2.45, 2.75) is 45.2 Å². The number of nitrogens with one attached hydrogen (secondary N) is 1. The smallest absolute Gasteiger partial charge is 0.0534 e. The van der Waals surface area contributed by atoms with Gasteiger partial charge in [-0.1, -0.05) is 31.2 Å². The van der Waals surface area contributed by atoms with Crippen molar-refractivity contribution in [3.8, 4) is 0 Å². The highest BCUT2D eigenvalue weighted by Gasteiger charge is 2.23. The van der Waals surface area contributed by atoms with Gasteiger partial charge >= 0.3 is 0 Å². The number of nitrogens with zero attached hydrogens (tertiary/aromatic N) is 2. The van der Waals surface area contributed by atoms with Gasteiger partial charge in [0.2, 0.25) is 0 Å². The first-order chi connectivity index (χ1) is 9.74. The van der Waals surface area contributed by atoms with Gasteiger partial charge in [0.1, 0.15) is 0 Å². The van der Waals surface area contributed by atoms with Crippen LogP contribution in [0.5, 0.6) is 0 Å². The maximum Gasteiger partial charge on any atom is 0.0534 e. The summed E-state index contributed by atoms with van der Waals surface area (Å²) in [7, 11) is 0. The van der Waals surface area contributed by atoms with Gasteiger partial charge < -0.3 is 5.32 Å². The Hall–Kier alpha value is -1.61. The number of benzene rings is 1. The highest BCUT2D eigenvalue weighted by atomic mass is 15.3. The molecule has 2 aromatic rings. The Morgan fingerprint density at radius 1 is 1.25 bits per heavy atom. The molecule has 0 radical (unpaired) electrons. The van der Waals surface area contributed by atoms with E-state index in [-0.39, 0.29) is 0 Å². The van der Waals surface area contributed by atoms with Gasteiger partial charge in [-0.25, -0.2) is 0 Å². The van der Waals surface area contributed by atoms with Crippen LogP contribution in [0.4, 0.5) is 0 Å². The molecule has 0 amide bonds. The van der Waals surface area contributed by atoms with Gasteiger partial charge in [-0.2, -0.15) is 5.10 Å². The molecule has 3 nitrogen and oxygen atoms in total. The molecular weight excluding hydrogens is 246 g/mol. The molecule has 3 rings (SSSR count). The summed E-state index contributed by atoms with van der Waals surface area (Å²) in [4.78, 5) is 0. The van der Waals surface area contributed by atoms with Gasteiger partial charge in [0.05, 0.1) is 12.7 Å². The summed E-state index contributed by atoms with van der Waals surface area (Å²) in [6, 6.07) is 9.37. The minimum atomic E-state index is 0.499. The van der Waals surface area contributed by atoms with Crippen LogP contribution in [0.1, 0.15) is 48.4 Å². The summed E-state index contributed by atoms with van der Waals surface area (Å²) < 4.78 is 2.01. The van der Waals surface area contributed by atoms with Crippen molar-refractivity contribution in [1.82, 2.24) is 15.1 Å². The number of aromatic nitrogens is 2. The topological polar surface area (TPSA) is 29.9 Å². The van der Waals surface area contributed by atoms with Gasteiger partial charge in [-0.15, -0.1) is 0 Å². The normalized spacial score (nSPS) is 21.7. The molecule has 1 aromatic carbocycles. The molecule has 1 aliphatic rings. The van der Waals surface area contributed by atoms with Gasteiger partial charge in [-0.3, -0.25) is 4.68 Å². The standard InChI is InChI=1S/C17H23N3/c1-13-11-19-20(12-13)10-9-18-17-8-7-14(2)15-5-3-4-6-16(15)17/h3-6,11-12,14,17-18H,7-10H2,1-2H3. The van der Waals surface area contributed by atoms with E-state index in [1.807, 2.05) is 10.9 Å². The van der Waals surface area contributed by atoms with Gasteiger partial charge in [0.15, 0.2) is 0 Å². The second kappa shape index (κ2) is 5.80. The predicted octanol–water partition coefficient (Wildman–Crippen LogP) is 3.42. The van der Waals surface area contributed by atoms with Crippen LogP contribution in [0.2, 0.25) is 0 Å². The maximum atomic E-state index is 4.33. The second-order valence-corrected chi connectivity index (χ2v) is 5.89. The van der Waals surface area contributed by atoms with Gasteiger partial charge in [0, 0.05) is 18.8 Å². The second-order valence-electron chi connectivity index (χ2n) is 5.89. The lowest BCUT2D eigenvalue weighted by atomic mass is 9.81. The summed E-state index contributed by atoms with van der Waals surface area (Å²) >= 11 is 0. The summed E-state index contributed by atoms with van der Waals surface area (Å²) in [5.74, 6) is 0.693. The van der Waals surface area contributed by atoms with Gasteiger partial charge in [0.25, 0.3) is 0 Å². The van der Waals surface area contributed by atoms with Crippen molar-refractivity contribution >= 4 is 0 Å². The fourth-order valence-corrected chi connectivity index (χ4v) is 3.16. The Morgan fingerprint density at radius 3 is 2.80 bits per heavy atom. The third-order valence-electron chi connectivity index (χ3n) is 4.28. The van der Waals surface area contributed by atoms with E-state index < -0.39 is 0 Å². The molecule has 106 valence electrons. The van der Waals surface area contributed by atoms with Crippen LogP contribution in [0.25, 0.3) is 0 Å². The van der Waals surface area contributed by atoms with E-state index in [4.69, 9.17) is 0 Å². The number of rotatable bonds is 4. The molecule has 0 bridgehead atoms. The quantitative estimate of drug-likeness (QED) is 0.921. The molecule has 0 saturated carbocycles. The number of aryl methyl sites for hydroxylation is 1. The highest BCUT2D eigenvalue weighted by Crippen LogP contribution is 2.36. The first kappa shape index (κ1) is 13.4. The van der Waals surface area contributed by atoms with Crippen LogP contribution in [0.15, 0.2) is 36.7 Å². The molecule has 0 fully saturated rings. The van der Waals surface area contributed by atoms with Crippen molar-refractivity contribution in [1.29, 1.82) is 0 Å². The van der Waals surface area contributed by atoms with Crippen LogP contribution in [0, 0.1) is 6.92 Å². The molecule has 1 aliphatic carbocycles. The Kier molecular flexibility index (Phi) is 3.88. The van der Waals surface area contributed by atoms with E-state index in [1.54, 1.807) is 0 Å². The molecule has 1 N–H and O–H groups in total. The average molecular weight is 269 g/mol. The number of fused-ring (bicyclic) bond motifs is 1. The molecule has 0 aliphatic heterocycles. The zero-order valence-electron chi connectivity index (χ0n) is 12.3. The summed E-state index contributed by atoms with van der Waals surface area (Å²) in [5.41, 5.74) is 4.23. The average Bonchev–Trinajstić information content (AvgIpc) is 2.87. The third-order valence-corrected chi connectivity index (χ3v) is 4.28. The Balaban J connectivity index is 1.62. The number of hydrogen-bond donors (Lipinski definition) is 1. The van der Waals surface area contributed by atoms with Crippen molar-refractivity contribution < 1.29 is 0 Å². The van der Waals surface area contributed by atoms with Crippen molar-refractivity contribution in [2.75, 3.05) is 6.54 Å². The van der Waals surface area contributed by atoms with Crippen molar-refractivity contribution in [3.05, 3.63) is 53.3 Å². The minimum Gasteiger partial charge on any atom is -0.308 e. The highest BCUT2D eigenvalue weighted by molar-refractivity contribution is 5.34. The molecule has 2 unspecified atom stereocenters. The molecule has 2 atom stereocenters. The van der Waals surface area contributed by atoms with Crippen LogP contribution >= 0.6 is 0 Å². The molecule has 0 spiro atoms. The fourth-order valence-electron chi connectivity index (χ4n) is 3.16. The Bertz CT molecular complexity index is 573. The third kappa shape index (κ3) is 2.78. The summed E-state index contributed by atoms with van der Waals surface area (Å²) in [5, 5.41) is 8.03. The monoisotopic (exact) mass is 269 g/mol. The molecular formula is C17H23N3. The van der Waals surface area contributed by atoms with E-state index in [0.29, 0.717) is 12.0 Å². The largest absolute Gasteiger partial charge is 0.308 e. The van der Waals surface area contributed by atoms with E-state index in [2.05, 4.69) is 54.7 Å². The zero-order valence-corrected chi connectivity index (χ0v) is 12.3. The van der Waals surface area contributed by atoms with Crippen LogP contribution < -0.4 is 5.32 Å². The van der Waals surface area contributed by atoms with Crippen molar-refractivity contribution in [3.63, 3.8) is 0 Å². The lowest BCUT2D eigenvalue weighted by molar-refractivity contribution is 0.416. The van der Waals surface area contributed by atoms with Gasteiger partial charge in [-0.05, 0) is 42.4 Å². The molecule has 1 aromatic heterocycles. The SMILES string of the molecule is Cc1cnn(CCNC2CCC(C)c3ccccc32)c1. The fraction of sp³-hybridized carbons (Fsp3) is 0.471. The lowest BCUT2D eigenvalue weighted by Crippen LogP contribution is -2.29. The lowest BCUT2D eigenvalue weighted by Gasteiger charge is -2.30. The first-order valence-corrected chi connectivity index (χ1v) is 7.55. The van der Waals surface area contributed by atoms with E-state index in [1.165, 1.54) is 29.5 Å². The maximum absolute atomic E-state index is 4.33. The Morgan fingerprint density at radius 2 is 2.05 bits per heavy atom. The molecule has 0 saturated heterocycles. The molecule has 3 heteroatoms. The number of hydrogen-bond acceptors (Lipinski definition) is 2. The van der Waals surface area contributed by atoms with Crippen LogP contribution in [0.3, 0.4) is 0 Å². The predicted molar refractivity (Wildman–Crippen MR) is 81.8 cm³/mol. The van der Waals surface area contributed by atoms with Crippen LogP contribution in [-0.4, -0.2) is 16.3 Å².